The number of hydrogen-bond acceptors (Lipinski definition) is 5. The summed E-state index contributed by atoms with van der Waals surface area (Å²) in [4.78, 5) is 10.8. The van der Waals surface area contributed by atoms with Crippen LogP contribution in [-0.4, -0.2) is 34.6 Å². The van der Waals surface area contributed by atoms with E-state index in [1.54, 1.807) is 18.4 Å². The van der Waals surface area contributed by atoms with E-state index in [9.17, 15) is 4.79 Å². The van der Waals surface area contributed by atoms with Crippen molar-refractivity contribution in [2.45, 2.75) is 32.4 Å². The molecule has 0 saturated heterocycles. The van der Waals surface area contributed by atoms with E-state index < -0.39 is 5.62 Å². The molecule has 16 heavy (non-hydrogen) atoms. The lowest BCUT2D eigenvalue weighted by atomic mass is 10.3. The van der Waals surface area contributed by atoms with Crippen LogP contribution in [-0.2, 0) is 21.1 Å². The monoisotopic (exact) mass is 301 g/mol. The van der Waals surface area contributed by atoms with Gasteiger partial charge >= 0.3 is 0 Å². The van der Waals surface area contributed by atoms with Crippen molar-refractivity contribution in [3.63, 3.8) is 0 Å². The smallest absolute Gasteiger partial charge is 0.215 e. The standard InChI is InChI=1S/C9H20NO2PS3/c1-6-12-13(14,10(5)7-11)16-8-15-9(2,3)4/h7H,6,8H2,1-5H3. The van der Waals surface area contributed by atoms with Crippen molar-refractivity contribution in [3.05, 3.63) is 0 Å². The van der Waals surface area contributed by atoms with E-state index in [0.29, 0.717) is 6.61 Å². The molecule has 0 aromatic heterocycles. The number of nitrogens with zero attached hydrogens (tertiary/aromatic N) is 1. The maximum Gasteiger partial charge on any atom is 0.215 e. The molecule has 0 aromatic carbocycles. The average Bonchev–Trinajstić information content (AvgIpc) is 2.14. The molecule has 1 atom stereocenters. The van der Waals surface area contributed by atoms with Gasteiger partial charge in [0.15, 0.2) is 0 Å². The molecule has 0 aliphatic carbocycles. The molecule has 0 rings (SSSR count). The molecule has 1 unspecified atom stereocenters. The maximum atomic E-state index is 10.8. The van der Waals surface area contributed by atoms with Crippen LogP contribution in [0.4, 0.5) is 0 Å². The van der Waals surface area contributed by atoms with Crippen molar-refractivity contribution < 1.29 is 9.32 Å². The van der Waals surface area contributed by atoms with Gasteiger partial charge in [-0.3, -0.25) is 9.46 Å². The van der Waals surface area contributed by atoms with Crippen LogP contribution >= 0.6 is 28.8 Å². The van der Waals surface area contributed by atoms with Gasteiger partial charge in [0.25, 0.3) is 0 Å². The van der Waals surface area contributed by atoms with Gasteiger partial charge in [-0.1, -0.05) is 32.2 Å². The third kappa shape index (κ3) is 6.50. The third-order valence-electron chi connectivity index (χ3n) is 1.54. The Morgan fingerprint density at radius 2 is 2.06 bits per heavy atom. The van der Waals surface area contributed by atoms with Gasteiger partial charge in [-0.25, -0.2) is 0 Å². The Morgan fingerprint density at radius 3 is 2.44 bits per heavy atom. The summed E-state index contributed by atoms with van der Waals surface area (Å²) in [6.45, 7) is 8.92. The first-order valence-corrected chi connectivity index (χ1v) is 10.2. The van der Waals surface area contributed by atoms with Gasteiger partial charge < -0.3 is 4.52 Å². The van der Waals surface area contributed by atoms with Crippen molar-refractivity contribution in [3.8, 4) is 0 Å². The molecular formula is C9H20NO2PS3. The summed E-state index contributed by atoms with van der Waals surface area (Å²) >= 11 is 8.83. The predicted octanol–water partition coefficient (Wildman–Crippen LogP) is 3.56. The first kappa shape index (κ1) is 16.8. The summed E-state index contributed by atoms with van der Waals surface area (Å²) < 4.78 is 7.27. The van der Waals surface area contributed by atoms with E-state index in [1.807, 2.05) is 18.7 Å². The molecule has 96 valence electrons. The number of amides is 1. The number of thioether (sulfide) groups is 1. The largest absolute Gasteiger partial charge is 0.327 e. The Hall–Kier alpha value is 0.780. The van der Waals surface area contributed by atoms with Crippen LogP contribution < -0.4 is 0 Å². The highest BCUT2D eigenvalue weighted by Crippen LogP contribution is 2.62. The maximum absolute atomic E-state index is 10.8. The highest BCUT2D eigenvalue weighted by molar-refractivity contribution is 8.70. The summed E-state index contributed by atoms with van der Waals surface area (Å²) in [6, 6.07) is 0. The minimum Gasteiger partial charge on any atom is -0.327 e. The number of rotatable bonds is 7. The molecule has 3 nitrogen and oxygen atoms in total. The number of carbonyl (C=O) groups excluding carboxylic acids is 1. The molecule has 0 spiro atoms. The molecule has 0 aliphatic heterocycles. The van der Waals surface area contributed by atoms with Crippen molar-refractivity contribution in [2.24, 2.45) is 0 Å². The van der Waals surface area contributed by atoms with Crippen LogP contribution in [0.1, 0.15) is 27.7 Å². The van der Waals surface area contributed by atoms with E-state index >= 15 is 0 Å². The SMILES string of the molecule is CCOP(=S)(SCSC(C)(C)C)N(C)C=O. The lowest BCUT2D eigenvalue weighted by molar-refractivity contribution is -0.113. The van der Waals surface area contributed by atoms with Crippen molar-refractivity contribution >= 4 is 47.0 Å². The van der Waals surface area contributed by atoms with Crippen LogP contribution in [0, 0.1) is 0 Å². The van der Waals surface area contributed by atoms with Crippen LogP contribution in [0.2, 0.25) is 0 Å². The molecule has 0 fully saturated rings. The Labute approximate surface area is 112 Å². The fourth-order valence-electron chi connectivity index (χ4n) is 0.710. The molecule has 0 bridgehead atoms. The minimum absolute atomic E-state index is 0.207. The fraction of sp³-hybridized carbons (Fsp3) is 0.889. The topological polar surface area (TPSA) is 29.5 Å². The number of hydrogen-bond donors (Lipinski definition) is 0. The Balaban J connectivity index is 4.35. The van der Waals surface area contributed by atoms with Gasteiger partial charge in [-0.2, -0.15) is 0 Å². The first-order valence-electron chi connectivity index (χ1n) is 4.97. The normalized spacial score (nSPS) is 15.6. The second-order valence-electron chi connectivity index (χ2n) is 4.07. The summed E-state index contributed by atoms with van der Waals surface area (Å²) in [5.41, 5.74) is -2.20. The van der Waals surface area contributed by atoms with Crippen LogP contribution in [0.5, 0.6) is 0 Å². The van der Waals surface area contributed by atoms with E-state index in [2.05, 4.69) is 20.8 Å². The van der Waals surface area contributed by atoms with Gasteiger partial charge in [0, 0.05) is 16.9 Å². The zero-order valence-electron chi connectivity index (χ0n) is 10.4. The molecule has 0 N–H and O–H groups in total. The van der Waals surface area contributed by atoms with Gasteiger partial charge in [0.2, 0.25) is 12.0 Å². The Kier molecular flexibility index (Phi) is 7.62. The first-order chi connectivity index (χ1) is 7.25. The summed E-state index contributed by atoms with van der Waals surface area (Å²) in [6.07, 6.45) is 0.755. The van der Waals surface area contributed by atoms with Crippen molar-refractivity contribution in [1.29, 1.82) is 0 Å². The Bertz CT molecular complexity index is 268. The molecule has 0 heterocycles. The van der Waals surface area contributed by atoms with E-state index in [0.717, 1.165) is 11.5 Å². The third-order valence-corrected chi connectivity index (χ3v) is 10.1. The Morgan fingerprint density at radius 1 is 1.50 bits per heavy atom. The second-order valence-corrected chi connectivity index (χ2v) is 13.0. The van der Waals surface area contributed by atoms with Gasteiger partial charge in [0.1, 0.15) is 0 Å². The lowest BCUT2D eigenvalue weighted by Gasteiger charge is -2.28. The summed E-state index contributed by atoms with van der Waals surface area (Å²) in [5, 5.41) is 0.846. The summed E-state index contributed by atoms with van der Waals surface area (Å²) in [5.74, 6) is 0. The van der Waals surface area contributed by atoms with Gasteiger partial charge in [-0.05, 0) is 18.7 Å². The molecule has 0 aliphatic rings. The predicted molar refractivity (Wildman–Crippen MR) is 79.5 cm³/mol. The van der Waals surface area contributed by atoms with Crippen LogP contribution in [0.15, 0.2) is 0 Å². The van der Waals surface area contributed by atoms with Gasteiger partial charge in [0.05, 0.1) is 6.61 Å². The fourth-order valence-corrected chi connectivity index (χ4v) is 8.22. The molecule has 7 heteroatoms. The van der Waals surface area contributed by atoms with E-state index in [4.69, 9.17) is 16.3 Å². The zero-order valence-corrected chi connectivity index (χ0v) is 13.8. The molecular weight excluding hydrogens is 281 g/mol. The second kappa shape index (κ2) is 7.27. The molecule has 0 radical (unpaired) electrons. The van der Waals surface area contributed by atoms with Gasteiger partial charge in [-0.15, -0.1) is 11.8 Å². The minimum atomic E-state index is -2.20. The average molecular weight is 301 g/mol. The lowest BCUT2D eigenvalue weighted by Crippen LogP contribution is -2.13. The van der Waals surface area contributed by atoms with Crippen molar-refractivity contribution in [1.82, 2.24) is 4.67 Å². The van der Waals surface area contributed by atoms with E-state index in [-0.39, 0.29) is 4.75 Å². The number of carbonyl (C=O) groups is 1. The quantitative estimate of drug-likeness (QED) is 0.407. The highest BCUT2D eigenvalue weighted by atomic mass is 32.9. The molecule has 0 saturated carbocycles. The van der Waals surface area contributed by atoms with Crippen LogP contribution in [0.3, 0.4) is 0 Å². The van der Waals surface area contributed by atoms with Crippen molar-refractivity contribution in [2.75, 3.05) is 18.7 Å². The van der Waals surface area contributed by atoms with Crippen LogP contribution in [0.25, 0.3) is 0 Å². The highest BCUT2D eigenvalue weighted by Gasteiger charge is 2.24. The van der Waals surface area contributed by atoms with E-state index in [1.165, 1.54) is 4.67 Å². The summed E-state index contributed by atoms with van der Waals surface area (Å²) in [7, 11) is 1.69. The molecule has 0 aromatic rings. The molecule has 1 amide bonds. The zero-order chi connectivity index (χ0) is 12.8.